The quantitative estimate of drug-likeness (QED) is 0.822. The number of rotatable bonds is 4. The van der Waals surface area contributed by atoms with Crippen LogP contribution in [0.1, 0.15) is 38.2 Å². The first-order chi connectivity index (χ1) is 7.20. The van der Waals surface area contributed by atoms with Gasteiger partial charge in [0.25, 0.3) is 0 Å². The Balaban J connectivity index is 2.26. The third-order valence-electron chi connectivity index (χ3n) is 2.59. The van der Waals surface area contributed by atoms with Gasteiger partial charge in [0.2, 0.25) is 0 Å². The Kier molecular flexibility index (Phi) is 2.80. The van der Waals surface area contributed by atoms with E-state index in [1.54, 1.807) is 0 Å². The van der Waals surface area contributed by atoms with E-state index in [1.165, 1.54) is 18.4 Å². The summed E-state index contributed by atoms with van der Waals surface area (Å²) in [5.74, 6) is 2.32. The Bertz CT molecular complexity index is 345. The summed E-state index contributed by atoms with van der Waals surface area (Å²) in [6.45, 7) is 4.33. The predicted octanol–water partition coefficient (Wildman–Crippen LogP) is 2.79. The molecule has 1 fully saturated rings. The summed E-state index contributed by atoms with van der Waals surface area (Å²) >= 11 is 0. The molecule has 15 heavy (non-hydrogen) atoms. The summed E-state index contributed by atoms with van der Waals surface area (Å²) < 4.78 is 5.88. The second kappa shape index (κ2) is 4.09. The molecule has 1 aromatic rings. The van der Waals surface area contributed by atoms with Gasteiger partial charge in [0, 0.05) is 24.9 Å². The number of pyridine rings is 1. The summed E-state index contributed by atoms with van der Waals surface area (Å²) in [6, 6.07) is 1.99. The molecule has 0 unspecified atom stereocenters. The van der Waals surface area contributed by atoms with E-state index >= 15 is 0 Å². The average Bonchev–Trinajstić information content (AvgIpc) is 3.01. The van der Waals surface area contributed by atoms with Crippen molar-refractivity contribution in [3.8, 4) is 5.75 Å². The minimum Gasteiger partial charge on any atom is -0.490 e. The highest BCUT2D eigenvalue weighted by Gasteiger charge is 2.25. The van der Waals surface area contributed by atoms with E-state index in [0.717, 1.165) is 11.6 Å². The SMILES string of the molecule is CNc1cc(OC2CC2)c(C(C)C)cn1. The molecule has 3 heteroatoms. The first kappa shape index (κ1) is 10.3. The van der Waals surface area contributed by atoms with Crippen LogP contribution in [-0.2, 0) is 0 Å². The molecular weight excluding hydrogens is 188 g/mol. The number of nitrogens with zero attached hydrogens (tertiary/aromatic N) is 1. The van der Waals surface area contributed by atoms with Gasteiger partial charge in [-0.25, -0.2) is 4.98 Å². The van der Waals surface area contributed by atoms with Gasteiger partial charge in [-0.1, -0.05) is 13.8 Å². The lowest BCUT2D eigenvalue weighted by Crippen LogP contribution is -2.03. The van der Waals surface area contributed by atoms with Gasteiger partial charge in [-0.3, -0.25) is 0 Å². The van der Waals surface area contributed by atoms with E-state index in [1.807, 2.05) is 19.3 Å². The molecule has 1 heterocycles. The van der Waals surface area contributed by atoms with Crippen molar-refractivity contribution in [3.05, 3.63) is 17.8 Å². The number of anilines is 1. The first-order valence-corrected chi connectivity index (χ1v) is 5.55. The van der Waals surface area contributed by atoms with Crippen LogP contribution < -0.4 is 10.1 Å². The van der Waals surface area contributed by atoms with Crippen LogP contribution in [0, 0.1) is 0 Å². The maximum atomic E-state index is 5.88. The molecule has 2 rings (SSSR count). The molecular formula is C12H18N2O. The Labute approximate surface area is 90.9 Å². The summed E-state index contributed by atoms with van der Waals surface area (Å²) in [7, 11) is 1.87. The summed E-state index contributed by atoms with van der Waals surface area (Å²) in [5.41, 5.74) is 1.20. The smallest absolute Gasteiger partial charge is 0.129 e. The molecule has 0 amide bonds. The molecule has 1 aromatic heterocycles. The summed E-state index contributed by atoms with van der Waals surface area (Å²) in [4.78, 5) is 4.32. The lowest BCUT2D eigenvalue weighted by atomic mass is 10.0. The van der Waals surface area contributed by atoms with Crippen LogP contribution in [0.2, 0.25) is 0 Å². The van der Waals surface area contributed by atoms with Crippen molar-refractivity contribution in [2.24, 2.45) is 0 Å². The highest BCUT2D eigenvalue weighted by Crippen LogP contribution is 2.33. The largest absolute Gasteiger partial charge is 0.490 e. The molecule has 1 N–H and O–H groups in total. The molecule has 82 valence electrons. The highest BCUT2D eigenvalue weighted by atomic mass is 16.5. The Hall–Kier alpha value is -1.25. The third-order valence-corrected chi connectivity index (χ3v) is 2.59. The van der Waals surface area contributed by atoms with E-state index in [9.17, 15) is 0 Å². The van der Waals surface area contributed by atoms with E-state index in [-0.39, 0.29) is 0 Å². The fourth-order valence-electron chi connectivity index (χ4n) is 1.49. The van der Waals surface area contributed by atoms with Crippen molar-refractivity contribution in [1.82, 2.24) is 4.98 Å². The van der Waals surface area contributed by atoms with Crippen LogP contribution in [0.25, 0.3) is 0 Å². The van der Waals surface area contributed by atoms with Gasteiger partial charge in [-0.15, -0.1) is 0 Å². The number of hydrogen-bond acceptors (Lipinski definition) is 3. The lowest BCUT2D eigenvalue weighted by molar-refractivity contribution is 0.298. The maximum Gasteiger partial charge on any atom is 0.129 e. The second-order valence-corrected chi connectivity index (χ2v) is 4.33. The molecule has 0 atom stereocenters. The Morgan fingerprint density at radius 2 is 2.20 bits per heavy atom. The number of aromatic nitrogens is 1. The summed E-state index contributed by atoms with van der Waals surface area (Å²) in [6.07, 6.45) is 4.73. The lowest BCUT2D eigenvalue weighted by Gasteiger charge is -2.14. The topological polar surface area (TPSA) is 34.1 Å². The first-order valence-electron chi connectivity index (χ1n) is 5.55. The van der Waals surface area contributed by atoms with Crippen molar-refractivity contribution < 1.29 is 4.74 Å². The van der Waals surface area contributed by atoms with Crippen molar-refractivity contribution in [2.75, 3.05) is 12.4 Å². The van der Waals surface area contributed by atoms with Gasteiger partial charge in [-0.2, -0.15) is 0 Å². The standard InChI is InChI=1S/C12H18N2O/c1-8(2)10-7-14-12(13-3)6-11(10)15-9-4-5-9/h6-9H,4-5H2,1-3H3,(H,13,14). The molecule has 1 aliphatic carbocycles. The van der Waals surface area contributed by atoms with Crippen LogP contribution >= 0.6 is 0 Å². The summed E-state index contributed by atoms with van der Waals surface area (Å²) in [5, 5.41) is 3.04. The van der Waals surface area contributed by atoms with Crippen LogP contribution in [0.5, 0.6) is 5.75 Å². The molecule has 1 saturated carbocycles. The molecule has 0 aliphatic heterocycles. The van der Waals surface area contributed by atoms with Crippen molar-refractivity contribution in [3.63, 3.8) is 0 Å². The van der Waals surface area contributed by atoms with Crippen LogP contribution in [-0.4, -0.2) is 18.1 Å². The average molecular weight is 206 g/mol. The fraction of sp³-hybridized carbons (Fsp3) is 0.583. The second-order valence-electron chi connectivity index (χ2n) is 4.33. The van der Waals surface area contributed by atoms with Gasteiger partial charge >= 0.3 is 0 Å². The van der Waals surface area contributed by atoms with Crippen molar-refractivity contribution in [2.45, 2.75) is 38.7 Å². The zero-order valence-electron chi connectivity index (χ0n) is 9.58. The number of ether oxygens (including phenoxy) is 1. The molecule has 0 spiro atoms. The van der Waals surface area contributed by atoms with Gasteiger partial charge in [0.05, 0.1) is 6.10 Å². The van der Waals surface area contributed by atoms with Gasteiger partial charge in [-0.05, 0) is 18.8 Å². The molecule has 0 aromatic carbocycles. The predicted molar refractivity (Wildman–Crippen MR) is 61.5 cm³/mol. The van der Waals surface area contributed by atoms with E-state index < -0.39 is 0 Å². The molecule has 0 radical (unpaired) electrons. The number of nitrogens with one attached hydrogen (secondary N) is 1. The fourth-order valence-corrected chi connectivity index (χ4v) is 1.49. The van der Waals surface area contributed by atoms with Gasteiger partial charge in [0.15, 0.2) is 0 Å². The molecule has 1 aliphatic rings. The zero-order chi connectivity index (χ0) is 10.8. The number of hydrogen-bond donors (Lipinski definition) is 1. The van der Waals surface area contributed by atoms with Crippen LogP contribution in [0.15, 0.2) is 12.3 Å². The van der Waals surface area contributed by atoms with E-state index in [0.29, 0.717) is 12.0 Å². The van der Waals surface area contributed by atoms with Crippen molar-refractivity contribution in [1.29, 1.82) is 0 Å². The van der Waals surface area contributed by atoms with E-state index in [4.69, 9.17) is 4.74 Å². The molecule has 0 bridgehead atoms. The van der Waals surface area contributed by atoms with E-state index in [2.05, 4.69) is 24.1 Å². The molecule has 3 nitrogen and oxygen atoms in total. The molecule has 0 saturated heterocycles. The zero-order valence-corrected chi connectivity index (χ0v) is 9.58. The minimum atomic E-state index is 0.439. The maximum absolute atomic E-state index is 5.88. The monoisotopic (exact) mass is 206 g/mol. The Morgan fingerprint density at radius 1 is 1.47 bits per heavy atom. The Morgan fingerprint density at radius 3 is 2.73 bits per heavy atom. The van der Waals surface area contributed by atoms with Gasteiger partial charge < -0.3 is 10.1 Å². The third kappa shape index (κ3) is 2.41. The van der Waals surface area contributed by atoms with Crippen LogP contribution in [0.3, 0.4) is 0 Å². The van der Waals surface area contributed by atoms with Gasteiger partial charge in [0.1, 0.15) is 11.6 Å². The van der Waals surface area contributed by atoms with Crippen LogP contribution in [0.4, 0.5) is 5.82 Å². The minimum absolute atomic E-state index is 0.439. The normalized spacial score (nSPS) is 15.5. The van der Waals surface area contributed by atoms with Crippen molar-refractivity contribution >= 4 is 5.82 Å². The highest BCUT2D eigenvalue weighted by molar-refractivity contribution is 5.46.